The Labute approximate surface area is 111 Å². The van der Waals surface area contributed by atoms with Crippen molar-refractivity contribution in [3.63, 3.8) is 0 Å². The van der Waals surface area contributed by atoms with Gasteiger partial charge in [-0.15, -0.1) is 0 Å². The van der Waals surface area contributed by atoms with E-state index in [0.29, 0.717) is 12.8 Å². The summed E-state index contributed by atoms with van der Waals surface area (Å²) < 4.78 is 40.1. The number of hydrogen-bond donors (Lipinski definition) is 1. The summed E-state index contributed by atoms with van der Waals surface area (Å²) in [5, 5.41) is 10.6. The molecule has 19 heavy (non-hydrogen) atoms. The second-order valence-electron chi connectivity index (χ2n) is 6.27. The summed E-state index contributed by atoms with van der Waals surface area (Å²) in [6, 6.07) is 2.04. The fourth-order valence-corrected chi connectivity index (χ4v) is 2.81. The van der Waals surface area contributed by atoms with Gasteiger partial charge in [-0.25, -0.2) is 13.2 Å². The van der Waals surface area contributed by atoms with Crippen molar-refractivity contribution in [2.75, 3.05) is 0 Å². The molecule has 0 aromatic heterocycles. The molecule has 1 unspecified atom stereocenters. The van der Waals surface area contributed by atoms with Crippen LogP contribution >= 0.6 is 0 Å². The second kappa shape index (κ2) is 4.82. The Kier molecular flexibility index (Phi) is 3.65. The molecule has 1 aromatic carbocycles. The number of hydrogen-bond acceptors (Lipinski definition) is 1. The molecule has 2 rings (SSSR count). The maximum atomic E-state index is 13.8. The third-order valence-corrected chi connectivity index (χ3v) is 4.20. The fraction of sp³-hybridized carbons (Fsp3) is 0.600. The molecule has 1 atom stereocenters. The molecule has 0 bridgehead atoms. The highest BCUT2D eigenvalue weighted by atomic mass is 19.2. The Morgan fingerprint density at radius 3 is 2.32 bits per heavy atom. The maximum absolute atomic E-state index is 13.8. The maximum Gasteiger partial charge on any atom is 0.194 e. The predicted octanol–water partition coefficient (Wildman–Crippen LogP) is 4.28. The number of halogens is 3. The summed E-state index contributed by atoms with van der Waals surface area (Å²) in [5.74, 6) is -3.99. The van der Waals surface area contributed by atoms with Crippen LogP contribution in [0.25, 0.3) is 0 Å². The highest BCUT2D eigenvalue weighted by Crippen LogP contribution is 2.43. The smallest absolute Gasteiger partial charge is 0.194 e. The number of rotatable bonds is 1. The fourth-order valence-electron chi connectivity index (χ4n) is 2.81. The summed E-state index contributed by atoms with van der Waals surface area (Å²) in [4.78, 5) is 0. The van der Waals surface area contributed by atoms with Crippen molar-refractivity contribution >= 4 is 0 Å². The van der Waals surface area contributed by atoms with Gasteiger partial charge in [0.05, 0.1) is 5.60 Å². The molecule has 1 N–H and O–H groups in total. The van der Waals surface area contributed by atoms with E-state index in [-0.39, 0.29) is 11.0 Å². The molecule has 0 spiro atoms. The van der Waals surface area contributed by atoms with Gasteiger partial charge in [0, 0.05) is 5.56 Å². The predicted molar refractivity (Wildman–Crippen MR) is 67.1 cm³/mol. The van der Waals surface area contributed by atoms with Crippen LogP contribution in [-0.2, 0) is 5.60 Å². The Balaban J connectivity index is 2.37. The summed E-state index contributed by atoms with van der Waals surface area (Å²) in [6.45, 7) is 4.20. The average Bonchev–Trinajstić information content (AvgIpc) is 2.46. The van der Waals surface area contributed by atoms with Gasteiger partial charge in [0.25, 0.3) is 0 Å². The van der Waals surface area contributed by atoms with E-state index in [2.05, 4.69) is 13.8 Å². The van der Waals surface area contributed by atoms with Gasteiger partial charge in [-0.3, -0.25) is 0 Å². The third-order valence-electron chi connectivity index (χ3n) is 4.20. The molecular formula is C15H19F3O. The Bertz CT molecular complexity index is 485. The number of benzene rings is 1. The van der Waals surface area contributed by atoms with Crippen molar-refractivity contribution in [2.45, 2.75) is 51.6 Å². The van der Waals surface area contributed by atoms with E-state index >= 15 is 0 Å². The van der Waals surface area contributed by atoms with Gasteiger partial charge >= 0.3 is 0 Å². The van der Waals surface area contributed by atoms with E-state index in [9.17, 15) is 18.3 Å². The van der Waals surface area contributed by atoms with E-state index in [1.165, 1.54) is 0 Å². The van der Waals surface area contributed by atoms with Crippen LogP contribution in [0.1, 0.15) is 51.5 Å². The van der Waals surface area contributed by atoms with Gasteiger partial charge in [0.15, 0.2) is 17.5 Å². The molecule has 1 aromatic rings. The van der Waals surface area contributed by atoms with Gasteiger partial charge in [0.1, 0.15) is 0 Å². The molecule has 0 heterocycles. The van der Waals surface area contributed by atoms with E-state index in [1.807, 2.05) is 0 Å². The first kappa shape index (κ1) is 14.4. The first-order valence-corrected chi connectivity index (χ1v) is 6.62. The van der Waals surface area contributed by atoms with Gasteiger partial charge in [-0.2, -0.15) is 0 Å². The van der Waals surface area contributed by atoms with Crippen LogP contribution in [0.5, 0.6) is 0 Å². The molecule has 0 amide bonds. The molecule has 0 saturated heterocycles. The van der Waals surface area contributed by atoms with Crippen molar-refractivity contribution in [1.29, 1.82) is 0 Å². The van der Waals surface area contributed by atoms with Crippen molar-refractivity contribution in [3.8, 4) is 0 Å². The van der Waals surface area contributed by atoms with Crippen LogP contribution in [0.2, 0.25) is 0 Å². The Morgan fingerprint density at radius 2 is 1.63 bits per heavy atom. The van der Waals surface area contributed by atoms with Gasteiger partial charge in [0.2, 0.25) is 0 Å². The largest absolute Gasteiger partial charge is 0.385 e. The average molecular weight is 272 g/mol. The van der Waals surface area contributed by atoms with Crippen molar-refractivity contribution < 1.29 is 18.3 Å². The molecular weight excluding hydrogens is 253 g/mol. The molecule has 1 aliphatic rings. The zero-order valence-corrected chi connectivity index (χ0v) is 11.3. The standard InChI is InChI=1S/C15H19F3O/c1-14(2)6-3-7-15(19,9-8-14)10-4-5-11(16)13(18)12(10)17/h4-5,19H,3,6-9H2,1-2H3. The van der Waals surface area contributed by atoms with E-state index < -0.39 is 23.1 Å². The monoisotopic (exact) mass is 272 g/mol. The Hall–Kier alpha value is -1.03. The molecule has 106 valence electrons. The van der Waals surface area contributed by atoms with Crippen LogP contribution in [0.3, 0.4) is 0 Å². The summed E-state index contributed by atoms with van der Waals surface area (Å²) >= 11 is 0. The van der Waals surface area contributed by atoms with Crippen LogP contribution in [-0.4, -0.2) is 5.11 Å². The zero-order chi connectivity index (χ0) is 14.3. The lowest BCUT2D eigenvalue weighted by Crippen LogP contribution is -2.27. The zero-order valence-electron chi connectivity index (χ0n) is 11.3. The minimum Gasteiger partial charge on any atom is -0.385 e. The van der Waals surface area contributed by atoms with Crippen molar-refractivity contribution in [3.05, 3.63) is 35.1 Å². The molecule has 1 fully saturated rings. The lowest BCUT2D eigenvalue weighted by atomic mass is 9.82. The third kappa shape index (κ3) is 2.78. The lowest BCUT2D eigenvalue weighted by Gasteiger charge is -2.29. The highest BCUT2D eigenvalue weighted by Gasteiger charge is 2.38. The van der Waals surface area contributed by atoms with E-state index in [1.54, 1.807) is 0 Å². The minimum atomic E-state index is -1.51. The molecule has 4 heteroatoms. The number of aliphatic hydroxyl groups is 1. The van der Waals surface area contributed by atoms with Crippen LogP contribution in [0.4, 0.5) is 13.2 Å². The SMILES string of the molecule is CC1(C)CCCC(O)(c2ccc(F)c(F)c2F)CC1. The molecule has 1 saturated carbocycles. The summed E-state index contributed by atoms with van der Waals surface area (Å²) in [6.07, 6.45) is 3.13. The van der Waals surface area contributed by atoms with Crippen LogP contribution in [0.15, 0.2) is 12.1 Å². The molecule has 1 nitrogen and oxygen atoms in total. The second-order valence-corrected chi connectivity index (χ2v) is 6.27. The minimum absolute atomic E-state index is 0.0829. The van der Waals surface area contributed by atoms with Gasteiger partial charge in [-0.05, 0) is 43.6 Å². The van der Waals surface area contributed by atoms with E-state index in [4.69, 9.17) is 0 Å². The Morgan fingerprint density at radius 1 is 0.947 bits per heavy atom. The van der Waals surface area contributed by atoms with Crippen molar-refractivity contribution in [2.24, 2.45) is 5.41 Å². The highest BCUT2D eigenvalue weighted by molar-refractivity contribution is 5.26. The molecule has 0 aliphatic heterocycles. The van der Waals surface area contributed by atoms with Crippen LogP contribution < -0.4 is 0 Å². The quantitative estimate of drug-likeness (QED) is 0.597. The summed E-state index contributed by atoms with van der Waals surface area (Å²) in [5.41, 5.74) is -1.43. The van der Waals surface area contributed by atoms with Crippen LogP contribution in [0, 0.1) is 22.9 Å². The normalized spacial score (nSPS) is 27.1. The van der Waals surface area contributed by atoms with Gasteiger partial charge < -0.3 is 5.11 Å². The van der Waals surface area contributed by atoms with Gasteiger partial charge in [-0.1, -0.05) is 19.9 Å². The topological polar surface area (TPSA) is 20.2 Å². The van der Waals surface area contributed by atoms with Crippen molar-refractivity contribution in [1.82, 2.24) is 0 Å². The van der Waals surface area contributed by atoms with E-state index in [0.717, 1.165) is 31.4 Å². The molecule has 1 aliphatic carbocycles. The first-order valence-electron chi connectivity index (χ1n) is 6.62. The lowest BCUT2D eigenvalue weighted by molar-refractivity contribution is 0.0139. The first-order chi connectivity index (χ1) is 8.75. The molecule has 0 radical (unpaired) electrons. The summed E-state index contributed by atoms with van der Waals surface area (Å²) in [7, 11) is 0.